The van der Waals surface area contributed by atoms with Gasteiger partial charge in [-0.2, -0.15) is 5.10 Å². The van der Waals surface area contributed by atoms with Gasteiger partial charge >= 0.3 is 0 Å². The van der Waals surface area contributed by atoms with Crippen molar-refractivity contribution in [1.82, 2.24) is 14.9 Å². The third-order valence-electron chi connectivity index (χ3n) is 3.58. The molecule has 7 heteroatoms. The minimum Gasteiger partial charge on any atom is -0.383 e. The van der Waals surface area contributed by atoms with Gasteiger partial charge in [0.2, 0.25) is 10.0 Å². The van der Waals surface area contributed by atoms with Crippen LogP contribution in [0.5, 0.6) is 0 Å². The summed E-state index contributed by atoms with van der Waals surface area (Å²) in [5.74, 6) is 0.0821. The second-order valence-corrected chi connectivity index (χ2v) is 7.39. The Labute approximate surface area is 107 Å². The van der Waals surface area contributed by atoms with Gasteiger partial charge in [0.25, 0.3) is 0 Å². The minimum absolute atomic E-state index is 0.00248. The Morgan fingerprint density at radius 3 is 2.56 bits per heavy atom. The molecule has 1 aromatic heterocycles. The number of nitrogens with one attached hydrogen (secondary N) is 2. The van der Waals surface area contributed by atoms with Gasteiger partial charge in [0, 0.05) is 6.04 Å². The topological polar surface area (TPSA) is 101 Å². The summed E-state index contributed by atoms with van der Waals surface area (Å²) in [5, 5.41) is 6.07. The van der Waals surface area contributed by atoms with E-state index in [0.29, 0.717) is 5.41 Å². The van der Waals surface area contributed by atoms with E-state index in [0.717, 1.165) is 25.7 Å². The molecular weight excluding hydrogens is 252 g/mol. The molecule has 6 nitrogen and oxygen atoms in total. The van der Waals surface area contributed by atoms with Crippen LogP contribution in [0.25, 0.3) is 0 Å². The number of rotatable bonds is 3. The molecule has 1 aliphatic carbocycles. The molecule has 0 bridgehead atoms. The van der Waals surface area contributed by atoms with Crippen molar-refractivity contribution < 1.29 is 8.42 Å². The molecule has 0 aliphatic heterocycles. The summed E-state index contributed by atoms with van der Waals surface area (Å²) in [6, 6.07) is -0.00248. The van der Waals surface area contributed by atoms with E-state index < -0.39 is 10.0 Å². The lowest BCUT2D eigenvalue weighted by atomic mass is 9.76. The van der Waals surface area contributed by atoms with Crippen LogP contribution >= 0.6 is 0 Å². The summed E-state index contributed by atoms with van der Waals surface area (Å²) in [7, 11) is -3.55. The summed E-state index contributed by atoms with van der Waals surface area (Å²) in [4.78, 5) is 0.0346. The van der Waals surface area contributed by atoms with Gasteiger partial charge in [0.05, 0.1) is 6.20 Å². The predicted octanol–water partition coefficient (Wildman–Crippen LogP) is 1.24. The van der Waals surface area contributed by atoms with Crippen LogP contribution in [0.1, 0.15) is 39.5 Å². The Balaban J connectivity index is 2.05. The number of sulfonamides is 1. The summed E-state index contributed by atoms with van der Waals surface area (Å²) in [5.41, 5.74) is 5.85. The fourth-order valence-electron chi connectivity index (χ4n) is 2.30. The first kappa shape index (κ1) is 13.4. The standard InChI is InChI=1S/C11H20N4O2S/c1-11(2)5-3-8(4-6-11)15-18(16,17)9-7-13-14-10(9)12/h7-8,15H,3-6H2,1-2H3,(H3,12,13,14). The largest absolute Gasteiger partial charge is 0.383 e. The van der Waals surface area contributed by atoms with Gasteiger partial charge in [-0.25, -0.2) is 13.1 Å². The molecule has 1 heterocycles. The molecule has 102 valence electrons. The zero-order valence-electron chi connectivity index (χ0n) is 10.7. The summed E-state index contributed by atoms with van der Waals surface area (Å²) in [6.07, 6.45) is 5.03. The van der Waals surface area contributed by atoms with Gasteiger partial charge < -0.3 is 5.73 Å². The highest BCUT2D eigenvalue weighted by Crippen LogP contribution is 2.35. The van der Waals surface area contributed by atoms with Gasteiger partial charge in [0.1, 0.15) is 10.7 Å². The third kappa shape index (κ3) is 2.84. The van der Waals surface area contributed by atoms with Crippen LogP contribution in [0, 0.1) is 5.41 Å². The van der Waals surface area contributed by atoms with Crippen LogP contribution in [0.3, 0.4) is 0 Å². The molecular formula is C11H20N4O2S. The number of hydrogen-bond acceptors (Lipinski definition) is 4. The third-order valence-corrected chi connectivity index (χ3v) is 5.13. The van der Waals surface area contributed by atoms with Crippen molar-refractivity contribution in [1.29, 1.82) is 0 Å². The number of nitrogen functional groups attached to an aromatic ring is 1. The average Bonchev–Trinajstić information content (AvgIpc) is 2.68. The minimum atomic E-state index is -3.55. The number of aromatic nitrogens is 2. The van der Waals surface area contributed by atoms with E-state index >= 15 is 0 Å². The van der Waals surface area contributed by atoms with E-state index in [1.54, 1.807) is 0 Å². The zero-order valence-corrected chi connectivity index (χ0v) is 11.5. The molecule has 0 spiro atoms. The Morgan fingerprint density at radius 1 is 1.44 bits per heavy atom. The van der Waals surface area contributed by atoms with Crippen molar-refractivity contribution in [2.45, 2.75) is 50.5 Å². The number of anilines is 1. The van der Waals surface area contributed by atoms with Crippen LogP contribution in [-0.2, 0) is 10.0 Å². The highest BCUT2D eigenvalue weighted by molar-refractivity contribution is 7.89. The van der Waals surface area contributed by atoms with Crippen molar-refractivity contribution in [3.05, 3.63) is 6.20 Å². The normalized spacial score (nSPS) is 21.0. The van der Waals surface area contributed by atoms with E-state index in [1.807, 2.05) is 0 Å². The molecule has 0 saturated heterocycles. The number of H-pyrrole nitrogens is 1. The average molecular weight is 272 g/mol. The van der Waals surface area contributed by atoms with Crippen molar-refractivity contribution in [2.75, 3.05) is 5.73 Å². The second-order valence-electron chi connectivity index (χ2n) is 5.71. The first-order valence-electron chi connectivity index (χ1n) is 6.11. The summed E-state index contributed by atoms with van der Waals surface area (Å²) < 4.78 is 26.9. The first-order valence-corrected chi connectivity index (χ1v) is 7.60. The van der Waals surface area contributed by atoms with Crippen molar-refractivity contribution in [2.24, 2.45) is 5.41 Å². The van der Waals surface area contributed by atoms with E-state index in [9.17, 15) is 8.42 Å². The molecule has 0 aromatic carbocycles. The van der Waals surface area contributed by atoms with Crippen molar-refractivity contribution in [3.63, 3.8) is 0 Å². The quantitative estimate of drug-likeness (QED) is 0.770. The Morgan fingerprint density at radius 2 is 2.06 bits per heavy atom. The van der Waals surface area contributed by atoms with Gasteiger partial charge in [0.15, 0.2) is 0 Å². The van der Waals surface area contributed by atoms with E-state index in [-0.39, 0.29) is 16.8 Å². The van der Waals surface area contributed by atoms with Gasteiger partial charge in [-0.15, -0.1) is 0 Å². The van der Waals surface area contributed by atoms with Crippen LogP contribution in [0.4, 0.5) is 5.82 Å². The first-order chi connectivity index (χ1) is 8.30. The SMILES string of the molecule is CC1(C)CCC(NS(=O)(=O)c2cn[nH]c2N)CC1. The van der Waals surface area contributed by atoms with E-state index in [1.165, 1.54) is 6.20 Å². The van der Waals surface area contributed by atoms with Crippen molar-refractivity contribution in [3.8, 4) is 0 Å². The predicted molar refractivity (Wildman–Crippen MR) is 69.4 cm³/mol. The van der Waals surface area contributed by atoms with Crippen LogP contribution < -0.4 is 10.5 Å². The molecule has 1 saturated carbocycles. The Bertz CT molecular complexity index is 511. The summed E-state index contributed by atoms with van der Waals surface area (Å²) in [6.45, 7) is 4.43. The molecule has 4 N–H and O–H groups in total. The van der Waals surface area contributed by atoms with Crippen molar-refractivity contribution >= 4 is 15.8 Å². The maximum Gasteiger partial charge on any atom is 0.246 e. The number of nitrogens with zero attached hydrogens (tertiary/aromatic N) is 1. The molecule has 0 radical (unpaired) electrons. The van der Waals surface area contributed by atoms with Gasteiger partial charge in [-0.05, 0) is 31.1 Å². The Hall–Kier alpha value is -1.08. The smallest absolute Gasteiger partial charge is 0.246 e. The maximum atomic E-state index is 12.1. The second kappa shape index (κ2) is 4.55. The lowest BCUT2D eigenvalue weighted by Crippen LogP contribution is -2.39. The van der Waals surface area contributed by atoms with Crippen LogP contribution in [0.2, 0.25) is 0 Å². The highest BCUT2D eigenvalue weighted by atomic mass is 32.2. The highest BCUT2D eigenvalue weighted by Gasteiger charge is 2.30. The van der Waals surface area contributed by atoms with E-state index in [4.69, 9.17) is 5.73 Å². The number of aromatic amines is 1. The lowest BCUT2D eigenvalue weighted by molar-refractivity contribution is 0.218. The fourth-order valence-corrected chi connectivity index (χ4v) is 3.63. The fraction of sp³-hybridized carbons (Fsp3) is 0.727. The summed E-state index contributed by atoms with van der Waals surface area (Å²) >= 11 is 0. The molecule has 1 aliphatic rings. The lowest BCUT2D eigenvalue weighted by Gasteiger charge is -2.34. The maximum absolute atomic E-state index is 12.1. The zero-order chi connectivity index (χ0) is 13.4. The van der Waals surface area contributed by atoms with Gasteiger partial charge in [-0.1, -0.05) is 13.8 Å². The molecule has 1 aromatic rings. The van der Waals surface area contributed by atoms with Crippen LogP contribution in [0.15, 0.2) is 11.1 Å². The van der Waals surface area contributed by atoms with E-state index in [2.05, 4.69) is 28.8 Å². The Kier molecular flexibility index (Phi) is 3.37. The number of hydrogen-bond donors (Lipinski definition) is 3. The molecule has 0 amide bonds. The monoisotopic (exact) mass is 272 g/mol. The molecule has 1 fully saturated rings. The molecule has 0 unspecified atom stereocenters. The van der Waals surface area contributed by atoms with Crippen LogP contribution in [-0.4, -0.2) is 24.7 Å². The molecule has 18 heavy (non-hydrogen) atoms. The molecule has 0 atom stereocenters. The number of nitrogens with two attached hydrogens (primary N) is 1. The molecule has 2 rings (SSSR count). The van der Waals surface area contributed by atoms with Gasteiger partial charge in [-0.3, -0.25) is 5.10 Å².